The number of carboxylic acids is 1. The van der Waals surface area contributed by atoms with Gasteiger partial charge in [-0.15, -0.1) is 0 Å². The molecule has 0 amide bonds. The molecule has 1 aromatic rings. The van der Waals surface area contributed by atoms with E-state index in [1.165, 1.54) is 0 Å². The van der Waals surface area contributed by atoms with E-state index in [-0.39, 0.29) is 12.2 Å². The van der Waals surface area contributed by atoms with Crippen molar-refractivity contribution >= 4 is 11.8 Å². The molecule has 1 aromatic carbocycles. The minimum atomic E-state index is -0.813. The van der Waals surface area contributed by atoms with Gasteiger partial charge in [0.15, 0.2) is 5.78 Å². The van der Waals surface area contributed by atoms with Gasteiger partial charge < -0.3 is 5.11 Å². The minimum Gasteiger partial charge on any atom is -0.481 e. The number of benzene rings is 1. The number of fused-ring (bicyclic) bond motifs is 1. The van der Waals surface area contributed by atoms with Crippen LogP contribution in [0.1, 0.15) is 42.1 Å². The van der Waals surface area contributed by atoms with Gasteiger partial charge in [-0.05, 0) is 12.0 Å². The molecule has 84 valence electrons. The van der Waals surface area contributed by atoms with Gasteiger partial charge in [-0.3, -0.25) is 9.59 Å². The molecule has 0 fully saturated rings. The van der Waals surface area contributed by atoms with E-state index in [1.54, 1.807) is 6.07 Å². The van der Waals surface area contributed by atoms with Crippen molar-refractivity contribution in [3.05, 3.63) is 35.4 Å². The third kappa shape index (κ3) is 1.73. The van der Waals surface area contributed by atoms with Crippen LogP contribution in [0.25, 0.3) is 0 Å². The summed E-state index contributed by atoms with van der Waals surface area (Å²) in [5, 5.41) is 8.94. The molecule has 1 aliphatic carbocycles. The summed E-state index contributed by atoms with van der Waals surface area (Å²) in [6, 6.07) is 7.34. The molecule has 0 aliphatic heterocycles. The molecular formula is C13H14O3. The van der Waals surface area contributed by atoms with Crippen LogP contribution in [-0.2, 0) is 10.2 Å². The number of carboxylic acid groups (broad SMARTS) is 1. The fourth-order valence-corrected chi connectivity index (χ4v) is 2.43. The third-order valence-corrected chi connectivity index (χ3v) is 3.32. The zero-order valence-electron chi connectivity index (χ0n) is 9.19. The fraction of sp³-hybridized carbons (Fsp3) is 0.385. The molecule has 0 spiro atoms. The number of rotatable bonds is 2. The molecule has 1 aliphatic rings. The summed E-state index contributed by atoms with van der Waals surface area (Å²) >= 11 is 0. The zero-order valence-corrected chi connectivity index (χ0v) is 9.19. The van der Waals surface area contributed by atoms with Crippen LogP contribution in [0, 0.1) is 0 Å². The molecule has 16 heavy (non-hydrogen) atoms. The number of hydrogen-bond acceptors (Lipinski definition) is 2. The number of ketones is 1. The second kappa shape index (κ2) is 3.74. The summed E-state index contributed by atoms with van der Waals surface area (Å²) in [5.74, 6) is -0.690. The number of aliphatic carboxylic acids is 1. The van der Waals surface area contributed by atoms with Crippen molar-refractivity contribution in [1.29, 1.82) is 0 Å². The summed E-state index contributed by atoms with van der Waals surface area (Å²) in [5.41, 5.74) is 1.17. The molecular weight excluding hydrogens is 204 g/mol. The van der Waals surface area contributed by atoms with Crippen molar-refractivity contribution in [3.63, 3.8) is 0 Å². The molecule has 1 atom stereocenters. The Kier molecular flexibility index (Phi) is 2.54. The number of carbonyl (C=O) groups excluding carboxylic acids is 1. The van der Waals surface area contributed by atoms with Crippen molar-refractivity contribution in [3.8, 4) is 0 Å². The van der Waals surface area contributed by atoms with E-state index in [4.69, 9.17) is 5.11 Å². The lowest BCUT2D eigenvalue weighted by Gasteiger charge is -2.33. The molecule has 3 heteroatoms. The van der Waals surface area contributed by atoms with E-state index < -0.39 is 11.4 Å². The van der Waals surface area contributed by atoms with Gasteiger partial charge in [0.2, 0.25) is 0 Å². The largest absolute Gasteiger partial charge is 0.481 e. The predicted molar refractivity (Wildman–Crippen MR) is 59.6 cm³/mol. The van der Waals surface area contributed by atoms with Crippen molar-refractivity contribution in [2.45, 2.75) is 31.6 Å². The van der Waals surface area contributed by atoms with E-state index in [9.17, 15) is 9.59 Å². The Morgan fingerprint density at radius 3 is 2.81 bits per heavy atom. The van der Waals surface area contributed by atoms with Gasteiger partial charge in [0.05, 0.1) is 6.42 Å². The van der Waals surface area contributed by atoms with Crippen LogP contribution in [0.5, 0.6) is 0 Å². The highest BCUT2D eigenvalue weighted by molar-refractivity contribution is 5.99. The normalized spacial score (nSPS) is 23.9. The molecule has 0 saturated heterocycles. The first-order chi connectivity index (χ1) is 7.53. The van der Waals surface area contributed by atoms with Crippen LogP contribution in [0.2, 0.25) is 0 Å². The summed E-state index contributed by atoms with van der Waals surface area (Å²) in [6.45, 7) is 1.92. The molecule has 0 radical (unpaired) electrons. The Hall–Kier alpha value is -1.64. The average Bonchev–Trinajstić information content (AvgIpc) is 2.24. The summed E-state index contributed by atoms with van der Waals surface area (Å²) in [4.78, 5) is 22.6. The number of Topliss-reactive ketones (excluding diaryl/α,β-unsaturated/α-hetero) is 1. The number of hydrogen-bond donors (Lipinski definition) is 1. The van der Waals surface area contributed by atoms with Gasteiger partial charge in [-0.25, -0.2) is 0 Å². The molecule has 0 bridgehead atoms. The molecule has 2 rings (SSSR count). The lowest BCUT2D eigenvalue weighted by atomic mass is 9.69. The molecule has 0 saturated carbocycles. The van der Waals surface area contributed by atoms with Crippen molar-refractivity contribution in [1.82, 2.24) is 0 Å². The first-order valence-corrected chi connectivity index (χ1v) is 5.37. The smallest absolute Gasteiger partial charge is 0.304 e. The minimum absolute atomic E-state index is 0.0806. The quantitative estimate of drug-likeness (QED) is 0.829. The highest BCUT2D eigenvalue weighted by atomic mass is 16.4. The highest BCUT2D eigenvalue weighted by Crippen LogP contribution is 2.39. The van der Waals surface area contributed by atoms with Gasteiger partial charge in [0.1, 0.15) is 0 Å². The van der Waals surface area contributed by atoms with Gasteiger partial charge in [-0.2, -0.15) is 0 Å². The highest BCUT2D eigenvalue weighted by Gasteiger charge is 2.36. The van der Waals surface area contributed by atoms with Crippen molar-refractivity contribution in [2.75, 3.05) is 0 Å². The Morgan fingerprint density at radius 2 is 2.12 bits per heavy atom. The maximum absolute atomic E-state index is 11.7. The third-order valence-electron chi connectivity index (χ3n) is 3.32. The first kappa shape index (κ1) is 10.9. The van der Waals surface area contributed by atoms with E-state index in [1.807, 2.05) is 25.1 Å². The molecule has 0 unspecified atom stereocenters. The Morgan fingerprint density at radius 1 is 1.44 bits per heavy atom. The monoisotopic (exact) mass is 218 g/mol. The molecule has 0 aromatic heterocycles. The van der Waals surface area contributed by atoms with Gasteiger partial charge in [-0.1, -0.05) is 31.2 Å². The Labute approximate surface area is 94.1 Å². The molecule has 3 nitrogen and oxygen atoms in total. The van der Waals surface area contributed by atoms with Gasteiger partial charge in [0, 0.05) is 17.4 Å². The summed E-state index contributed by atoms with van der Waals surface area (Å²) in [7, 11) is 0. The second-order valence-corrected chi connectivity index (χ2v) is 4.60. The Balaban J connectivity index is 2.49. The standard InChI is InChI=1S/C13H14O3/c1-13(8-12(15)16)7-6-11(14)9-4-2-3-5-10(9)13/h2-5H,6-8H2,1H3,(H,15,16)/t13-/m1/s1. The van der Waals surface area contributed by atoms with Crippen LogP contribution in [-0.4, -0.2) is 16.9 Å². The SMILES string of the molecule is C[C@]1(CC(=O)O)CCC(=O)c2ccccc21. The van der Waals surface area contributed by atoms with E-state index >= 15 is 0 Å². The summed E-state index contributed by atoms with van der Waals surface area (Å²) in [6.07, 6.45) is 1.15. The van der Waals surface area contributed by atoms with Crippen LogP contribution >= 0.6 is 0 Å². The van der Waals surface area contributed by atoms with Crippen molar-refractivity contribution in [2.24, 2.45) is 0 Å². The van der Waals surface area contributed by atoms with Gasteiger partial charge in [0.25, 0.3) is 0 Å². The predicted octanol–water partition coefficient (Wildman–Crippen LogP) is 2.40. The lowest BCUT2D eigenvalue weighted by Crippen LogP contribution is -2.32. The van der Waals surface area contributed by atoms with E-state index in [2.05, 4.69) is 0 Å². The van der Waals surface area contributed by atoms with Crippen molar-refractivity contribution < 1.29 is 14.7 Å². The van der Waals surface area contributed by atoms with Crippen LogP contribution in [0.15, 0.2) is 24.3 Å². The Bertz CT molecular complexity index is 450. The maximum atomic E-state index is 11.7. The zero-order chi connectivity index (χ0) is 11.8. The first-order valence-electron chi connectivity index (χ1n) is 5.37. The fourth-order valence-electron chi connectivity index (χ4n) is 2.43. The van der Waals surface area contributed by atoms with Crippen LogP contribution in [0.3, 0.4) is 0 Å². The molecule has 0 heterocycles. The van der Waals surface area contributed by atoms with Crippen LogP contribution in [0.4, 0.5) is 0 Å². The number of carbonyl (C=O) groups is 2. The lowest BCUT2D eigenvalue weighted by molar-refractivity contribution is -0.138. The second-order valence-electron chi connectivity index (χ2n) is 4.60. The topological polar surface area (TPSA) is 54.4 Å². The maximum Gasteiger partial charge on any atom is 0.304 e. The molecule has 1 N–H and O–H groups in total. The van der Waals surface area contributed by atoms with Gasteiger partial charge >= 0.3 is 5.97 Å². The summed E-state index contributed by atoms with van der Waals surface area (Å²) < 4.78 is 0. The average molecular weight is 218 g/mol. The van der Waals surface area contributed by atoms with Crippen LogP contribution < -0.4 is 0 Å². The van der Waals surface area contributed by atoms with E-state index in [0.717, 1.165) is 5.56 Å². The van der Waals surface area contributed by atoms with E-state index in [0.29, 0.717) is 18.4 Å².